The minimum atomic E-state index is -3.19. The van der Waals surface area contributed by atoms with E-state index in [1.165, 1.54) is 0 Å². The highest BCUT2D eigenvalue weighted by Gasteiger charge is 2.52. The van der Waals surface area contributed by atoms with E-state index in [0.717, 1.165) is 40.3 Å². The van der Waals surface area contributed by atoms with Crippen LogP contribution in [0.2, 0.25) is 5.04 Å². The fourth-order valence-electron chi connectivity index (χ4n) is 7.25. The van der Waals surface area contributed by atoms with Crippen LogP contribution in [0, 0.1) is 0 Å². The summed E-state index contributed by atoms with van der Waals surface area (Å²) in [4.78, 5) is 6.61. The quantitative estimate of drug-likeness (QED) is 0.181. The molecule has 0 aromatic heterocycles. The maximum Gasteiger partial charge on any atom is 0.282 e. The number of nitrogens with zero attached hydrogens (tertiary/aromatic N) is 2. The monoisotopic (exact) mass is 686 g/mol. The molecule has 260 valence electrons. The van der Waals surface area contributed by atoms with Gasteiger partial charge in [-0.25, -0.2) is 8.78 Å². The SMILES string of the molecule is C=C(/N=C\C(=C/C)NC1CNC1)[C@@H]1c2cc3c(cc2C[C@@H](C)N1CC(F)(F)CO[Si](c1ccccc1)(c1ccccc1)C(C)(C)C)OCO3. The number of alkyl halides is 2. The number of rotatable bonds is 12. The van der Waals surface area contributed by atoms with Gasteiger partial charge in [-0.2, -0.15) is 0 Å². The molecule has 0 aliphatic carbocycles. The van der Waals surface area contributed by atoms with Gasteiger partial charge in [-0.05, 0) is 58.9 Å². The zero-order valence-corrected chi connectivity index (χ0v) is 30.1. The van der Waals surface area contributed by atoms with E-state index in [-0.39, 0.29) is 12.8 Å². The van der Waals surface area contributed by atoms with Crippen LogP contribution in [0.25, 0.3) is 0 Å². The van der Waals surface area contributed by atoms with Crippen molar-refractivity contribution in [1.82, 2.24) is 15.5 Å². The molecule has 1 saturated heterocycles. The molecule has 1 fully saturated rings. The van der Waals surface area contributed by atoms with Gasteiger partial charge >= 0.3 is 0 Å². The second-order valence-electron chi connectivity index (χ2n) is 14.3. The fourth-order valence-corrected chi connectivity index (χ4v) is 11.8. The third kappa shape index (κ3) is 7.24. The number of fused-ring (bicyclic) bond motifs is 2. The van der Waals surface area contributed by atoms with Crippen LogP contribution in [-0.4, -0.2) is 70.5 Å². The van der Waals surface area contributed by atoms with Crippen LogP contribution >= 0.6 is 0 Å². The number of hydrogen-bond donors (Lipinski definition) is 2. The minimum absolute atomic E-state index is 0.130. The van der Waals surface area contributed by atoms with Crippen molar-refractivity contribution in [3.05, 3.63) is 108 Å². The van der Waals surface area contributed by atoms with Crippen LogP contribution in [-0.2, 0) is 10.8 Å². The summed E-state index contributed by atoms with van der Waals surface area (Å²) in [6.45, 7) is 15.2. The van der Waals surface area contributed by atoms with Crippen LogP contribution in [0.1, 0.15) is 51.8 Å². The van der Waals surface area contributed by atoms with E-state index in [1.54, 1.807) is 6.21 Å². The van der Waals surface area contributed by atoms with E-state index in [4.69, 9.17) is 18.9 Å². The topological polar surface area (TPSA) is 67.4 Å². The van der Waals surface area contributed by atoms with Crippen molar-refractivity contribution in [2.45, 2.75) is 70.1 Å². The number of nitrogens with one attached hydrogen (secondary N) is 2. The molecule has 3 aliphatic heterocycles. The number of benzene rings is 3. The Bertz CT molecular complexity index is 1650. The van der Waals surface area contributed by atoms with Crippen molar-refractivity contribution in [1.29, 1.82) is 0 Å². The Labute approximate surface area is 290 Å². The number of ether oxygens (including phenoxy) is 2. The van der Waals surface area contributed by atoms with Crippen molar-refractivity contribution >= 4 is 24.9 Å². The summed E-state index contributed by atoms with van der Waals surface area (Å²) in [5, 5.41) is 8.23. The summed E-state index contributed by atoms with van der Waals surface area (Å²) in [6, 6.07) is 23.2. The molecule has 2 N–H and O–H groups in total. The van der Waals surface area contributed by atoms with E-state index in [9.17, 15) is 0 Å². The molecule has 3 aliphatic rings. The summed E-state index contributed by atoms with van der Waals surface area (Å²) >= 11 is 0. The van der Waals surface area contributed by atoms with Gasteiger partial charge in [0.2, 0.25) is 6.79 Å². The Kier molecular flexibility index (Phi) is 10.1. The highest BCUT2D eigenvalue weighted by atomic mass is 28.4. The van der Waals surface area contributed by atoms with Crippen LogP contribution in [0.4, 0.5) is 8.78 Å². The first-order valence-electron chi connectivity index (χ1n) is 17.1. The average molecular weight is 687 g/mol. The number of halogens is 2. The van der Waals surface area contributed by atoms with Crippen LogP contribution < -0.4 is 30.5 Å². The lowest BCUT2D eigenvalue weighted by atomic mass is 9.86. The highest BCUT2D eigenvalue weighted by molar-refractivity contribution is 6.99. The third-order valence-electron chi connectivity index (χ3n) is 9.82. The van der Waals surface area contributed by atoms with Gasteiger partial charge in [0.15, 0.2) is 11.5 Å². The summed E-state index contributed by atoms with van der Waals surface area (Å²) in [5.41, 5.74) is 3.21. The molecule has 0 radical (unpaired) electrons. The molecule has 0 saturated carbocycles. The second-order valence-corrected chi connectivity index (χ2v) is 18.6. The standard InChI is InChI=1S/C39H48F2N4O3Si/c1-7-30(44-31-21-42-22-31)23-43-28(3)37-34-20-36-35(46-26-47-36)19-29(34)18-27(2)45(37)24-39(40,41)25-48-49(38(4,5)6,32-14-10-8-11-15-32)33-16-12-9-13-17-33/h7-17,19-20,23,27,31,37,42,44H,3,18,21-22,24-26H2,1-2,4-6H3/b30-7+,43-23-/t27-,37-/m1/s1. The predicted octanol–water partition coefficient (Wildman–Crippen LogP) is 5.96. The number of hydrogen-bond acceptors (Lipinski definition) is 7. The molecular formula is C39H48F2N4O3Si. The lowest BCUT2D eigenvalue weighted by Gasteiger charge is -2.45. The average Bonchev–Trinajstić information content (AvgIpc) is 3.51. The van der Waals surface area contributed by atoms with E-state index in [2.05, 4.69) is 38.0 Å². The molecular weight excluding hydrogens is 639 g/mol. The van der Waals surface area contributed by atoms with Crippen LogP contribution in [0.3, 0.4) is 0 Å². The van der Waals surface area contributed by atoms with Gasteiger partial charge in [-0.3, -0.25) is 9.89 Å². The normalized spacial score (nSPS) is 20.3. The van der Waals surface area contributed by atoms with Gasteiger partial charge in [-0.1, -0.05) is 94.1 Å². The first-order chi connectivity index (χ1) is 23.4. The first-order valence-corrected chi connectivity index (χ1v) is 19.0. The number of aliphatic imine (C=N–C) groups is 1. The second kappa shape index (κ2) is 14.2. The van der Waals surface area contributed by atoms with Crippen molar-refractivity contribution in [2.75, 3.05) is 33.0 Å². The van der Waals surface area contributed by atoms with Gasteiger partial charge < -0.3 is 24.5 Å². The molecule has 49 heavy (non-hydrogen) atoms. The van der Waals surface area contributed by atoms with Crippen molar-refractivity contribution in [3.8, 4) is 11.5 Å². The molecule has 0 unspecified atom stereocenters. The zero-order chi connectivity index (χ0) is 34.8. The Balaban J connectivity index is 1.32. The van der Waals surface area contributed by atoms with E-state index in [0.29, 0.717) is 29.7 Å². The van der Waals surface area contributed by atoms with Gasteiger partial charge in [0.25, 0.3) is 14.2 Å². The van der Waals surface area contributed by atoms with E-state index >= 15 is 8.78 Å². The maximum absolute atomic E-state index is 16.6. The largest absolute Gasteiger partial charge is 0.454 e. The minimum Gasteiger partial charge on any atom is -0.454 e. The highest BCUT2D eigenvalue weighted by Crippen LogP contribution is 2.45. The molecule has 3 aromatic rings. The molecule has 3 heterocycles. The maximum atomic E-state index is 16.6. The van der Waals surface area contributed by atoms with Crippen molar-refractivity contribution in [3.63, 3.8) is 0 Å². The molecule has 3 aromatic carbocycles. The molecule has 0 spiro atoms. The van der Waals surface area contributed by atoms with Gasteiger partial charge in [0, 0.05) is 31.0 Å². The first kappa shape index (κ1) is 35.0. The predicted molar refractivity (Wildman–Crippen MR) is 195 cm³/mol. The molecule has 2 atom stereocenters. The lowest BCUT2D eigenvalue weighted by molar-refractivity contribution is -0.0822. The summed E-state index contributed by atoms with van der Waals surface area (Å²) in [7, 11) is -3.18. The Morgan fingerprint density at radius 1 is 1.04 bits per heavy atom. The third-order valence-corrected chi connectivity index (χ3v) is 14.8. The molecule has 6 rings (SSSR count). The van der Waals surface area contributed by atoms with E-state index in [1.807, 2.05) is 97.6 Å². The van der Waals surface area contributed by atoms with Crippen LogP contribution in [0.5, 0.6) is 11.5 Å². The van der Waals surface area contributed by atoms with Gasteiger partial charge in [0.1, 0.15) is 0 Å². The smallest absolute Gasteiger partial charge is 0.282 e. The molecule has 0 amide bonds. The van der Waals surface area contributed by atoms with Gasteiger partial charge in [0.05, 0.1) is 30.9 Å². The van der Waals surface area contributed by atoms with Crippen molar-refractivity contribution < 1.29 is 22.7 Å². The molecule has 7 nitrogen and oxygen atoms in total. The Hall–Kier alpha value is -3.83. The lowest BCUT2D eigenvalue weighted by Crippen LogP contribution is -2.67. The zero-order valence-electron chi connectivity index (χ0n) is 29.1. The molecule has 0 bridgehead atoms. The summed E-state index contributed by atoms with van der Waals surface area (Å²) in [5.74, 6) is -1.92. The number of allylic oxidation sites excluding steroid dienone is 2. The van der Waals surface area contributed by atoms with E-state index < -0.39 is 38.5 Å². The Morgan fingerprint density at radius 2 is 1.65 bits per heavy atom. The van der Waals surface area contributed by atoms with Gasteiger partial charge in [-0.15, -0.1) is 0 Å². The van der Waals surface area contributed by atoms with Crippen LogP contribution in [0.15, 0.2) is 102 Å². The fraction of sp³-hybridized carbons (Fsp3) is 0.410. The summed E-state index contributed by atoms with van der Waals surface area (Å²) < 4.78 is 51.4. The summed E-state index contributed by atoms with van der Waals surface area (Å²) in [6.07, 6.45) is 4.27. The molecule has 10 heteroatoms. The van der Waals surface area contributed by atoms with Crippen molar-refractivity contribution in [2.24, 2.45) is 4.99 Å². The Morgan fingerprint density at radius 3 is 2.20 bits per heavy atom.